The third-order valence-electron chi connectivity index (χ3n) is 3.51. The van der Waals surface area contributed by atoms with Gasteiger partial charge in [0.15, 0.2) is 0 Å². The summed E-state index contributed by atoms with van der Waals surface area (Å²) in [5.74, 6) is 0.588. The van der Waals surface area contributed by atoms with Crippen molar-refractivity contribution in [3.63, 3.8) is 0 Å². The summed E-state index contributed by atoms with van der Waals surface area (Å²) in [7, 11) is 0. The van der Waals surface area contributed by atoms with Crippen LogP contribution in [0.5, 0.6) is 0 Å². The summed E-state index contributed by atoms with van der Waals surface area (Å²) in [5.41, 5.74) is 8.14. The molecular formula is C16H22ClN3. The topological polar surface area (TPSA) is 43.8 Å². The molecule has 108 valence electrons. The second kappa shape index (κ2) is 7.34. The minimum atomic E-state index is 0.588. The highest BCUT2D eigenvalue weighted by atomic mass is 35.5. The lowest BCUT2D eigenvalue weighted by atomic mass is 10.1. The van der Waals surface area contributed by atoms with Crippen LogP contribution >= 0.6 is 11.6 Å². The largest absolute Gasteiger partial charge is 0.369 e. The number of benzene rings is 1. The van der Waals surface area contributed by atoms with Gasteiger partial charge >= 0.3 is 0 Å². The van der Waals surface area contributed by atoms with Crippen LogP contribution < -0.4 is 5.73 Å². The molecule has 2 rings (SSSR count). The molecule has 1 heterocycles. The van der Waals surface area contributed by atoms with Crippen LogP contribution in [0.15, 0.2) is 30.5 Å². The van der Waals surface area contributed by atoms with Crippen molar-refractivity contribution in [2.24, 2.45) is 0 Å². The first-order valence-corrected chi connectivity index (χ1v) is 7.67. The first-order valence-electron chi connectivity index (χ1n) is 7.29. The molecule has 2 N–H and O–H groups in total. The van der Waals surface area contributed by atoms with Crippen molar-refractivity contribution < 1.29 is 0 Å². The van der Waals surface area contributed by atoms with Gasteiger partial charge in [-0.2, -0.15) is 0 Å². The fourth-order valence-electron chi connectivity index (χ4n) is 2.35. The maximum Gasteiger partial charge on any atom is 0.200 e. The second-order valence-corrected chi connectivity index (χ2v) is 5.51. The Bertz CT molecular complexity index is 531. The number of aromatic nitrogens is 2. The Morgan fingerprint density at radius 2 is 1.80 bits per heavy atom. The van der Waals surface area contributed by atoms with Crippen LogP contribution in [0, 0.1) is 0 Å². The van der Waals surface area contributed by atoms with Crippen LogP contribution in [0.4, 0.5) is 5.95 Å². The zero-order valence-corrected chi connectivity index (χ0v) is 12.7. The fourth-order valence-corrected chi connectivity index (χ4v) is 2.48. The average molecular weight is 292 g/mol. The van der Waals surface area contributed by atoms with Gasteiger partial charge in [-0.05, 0) is 24.1 Å². The van der Waals surface area contributed by atoms with Crippen LogP contribution in [-0.4, -0.2) is 9.55 Å². The summed E-state index contributed by atoms with van der Waals surface area (Å²) in [5, 5.41) is 0.743. The third kappa shape index (κ3) is 3.76. The van der Waals surface area contributed by atoms with Crippen molar-refractivity contribution in [2.75, 3.05) is 5.73 Å². The quantitative estimate of drug-likeness (QED) is 0.748. The fraction of sp³-hybridized carbons (Fsp3) is 0.438. The summed E-state index contributed by atoms with van der Waals surface area (Å²) >= 11 is 5.93. The van der Waals surface area contributed by atoms with Crippen molar-refractivity contribution in [2.45, 2.75) is 45.6 Å². The number of imidazole rings is 1. The number of nitrogen functional groups attached to an aromatic ring is 1. The number of unbranched alkanes of at least 4 members (excludes halogenated alkanes) is 4. The van der Waals surface area contributed by atoms with E-state index in [1.165, 1.54) is 25.7 Å². The summed E-state index contributed by atoms with van der Waals surface area (Å²) in [4.78, 5) is 4.24. The minimum Gasteiger partial charge on any atom is -0.369 e. The third-order valence-corrected chi connectivity index (χ3v) is 3.76. The molecular weight excluding hydrogens is 270 g/mol. The van der Waals surface area contributed by atoms with Crippen LogP contribution in [-0.2, 0) is 6.54 Å². The van der Waals surface area contributed by atoms with Gasteiger partial charge in [0.1, 0.15) is 0 Å². The van der Waals surface area contributed by atoms with E-state index in [4.69, 9.17) is 17.3 Å². The van der Waals surface area contributed by atoms with Gasteiger partial charge in [0, 0.05) is 11.6 Å². The lowest BCUT2D eigenvalue weighted by Gasteiger charge is -2.10. The molecule has 0 radical (unpaired) electrons. The Morgan fingerprint density at radius 1 is 1.10 bits per heavy atom. The Labute approximate surface area is 125 Å². The molecule has 0 amide bonds. The van der Waals surface area contributed by atoms with E-state index in [2.05, 4.69) is 16.5 Å². The summed E-state index contributed by atoms with van der Waals surface area (Å²) < 4.78 is 2.09. The van der Waals surface area contributed by atoms with Crippen molar-refractivity contribution in [3.05, 3.63) is 35.5 Å². The van der Waals surface area contributed by atoms with Gasteiger partial charge in [-0.15, -0.1) is 0 Å². The van der Waals surface area contributed by atoms with Gasteiger partial charge in [-0.3, -0.25) is 0 Å². The molecule has 0 fully saturated rings. The predicted molar refractivity (Wildman–Crippen MR) is 85.8 cm³/mol. The maximum absolute atomic E-state index is 5.98. The normalized spacial score (nSPS) is 10.9. The van der Waals surface area contributed by atoms with Gasteiger partial charge in [-0.25, -0.2) is 4.98 Å². The Hall–Kier alpha value is -1.48. The van der Waals surface area contributed by atoms with Crippen molar-refractivity contribution >= 4 is 17.5 Å². The predicted octanol–water partition coefficient (Wildman–Crippen LogP) is 4.76. The van der Waals surface area contributed by atoms with Crippen molar-refractivity contribution in [1.29, 1.82) is 0 Å². The van der Waals surface area contributed by atoms with E-state index < -0.39 is 0 Å². The number of hydrogen-bond donors (Lipinski definition) is 1. The van der Waals surface area contributed by atoms with Gasteiger partial charge in [-0.1, -0.05) is 56.3 Å². The SMILES string of the molecule is CCCCCCCn1c(-c2ccc(Cl)cc2)cnc1N. The minimum absolute atomic E-state index is 0.588. The zero-order chi connectivity index (χ0) is 14.4. The van der Waals surface area contributed by atoms with Crippen LogP contribution in [0.3, 0.4) is 0 Å². The van der Waals surface area contributed by atoms with Gasteiger partial charge in [0.05, 0.1) is 11.9 Å². The van der Waals surface area contributed by atoms with E-state index in [-0.39, 0.29) is 0 Å². The molecule has 0 unspecified atom stereocenters. The number of halogens is 1. The van der Waals surface area contributed by atoms with Gasteiger partial charge in [0.2, 0.25) is 5.95 Å². The maximum atomic E-state index is 5.98. The van der Waals surface area contributed by atoms with Crippen molar-refractivity contribution in [3.8, 4) is 11.3 Å². The smallest absolute Gasteiger partial charge is 0.200 e. The molecule has 4 heteroatoms. The molecule has 0 spiro atoms. The standard InChI is InChI=1S/C16H22ClN3/c1-2-3-4-5-6-11-20-15(12-19-16(20)18)13-7-9-14(17)10-8-13/h7-10,12H,2-6,11H2,1H3,(H2,18,19). The molecule has 20 heavy (non-hydrogen) atoms. The summed E-state index contributed by atoms with van der Waals surface area (Å²) in [6, 6.07) is 7.80. The highest BCUT2D eigenvalue weighted by Gasteiger charge is 2.09. The Kier molecular flexibility index (Phi) is 5.48. The number of nitrogens with zero attached hydrogens (tertiary/aromatic N) is 2. The van der Waals surface area contributed by atoms with Crippen LogP contribution in [0.1, 0.15) is 39.0 Å². The van der Waals surface area contributed by atoms with E-state index in [0.717, 1.165) is 29.2 Å². The molecule has 1 aromatic carbocycles. The molecule has 0 saturated carbocycles. The summed E-state index contributed by atoms with van der Waals surface area (Å²) in [6.07, 6.45) is 8.09. The van der Waals surface area contributed by atoms with E-state index in [1.54, 1.807) is 0 Å². The van der Waals surface area contributed by atoms with Gasteiger partial charge < -0.3 is 10.3 Å². The number of anilines is 1. The van der Waals surface area contributed by atoms with E-state index in [9.17, 15) is 0 Å². The molecule has 3 nitrogen and oxygen atoms in total. The van der Waals surface area contributed by atoms with E-state index >= 15 is 0 Å². The molecule has 0 atom stereocenters. The highest BCUT2D eigenvalue weighted by Crippen LogP contribution is 2.24. The van der Waals surface area contributed by atoms with Crippen molar-refractivity contribution in [1.82, 2.24) is 9.55 Å². The monoisotopic (exact) mass is 291 g/mol. The lowest BCUT2D eigenvalue weighted by Crippen LogP contribution is -2.05. The molecule has 1 aromatic heterocycles. The Morgan fingerprint density at radius 3 is 2.50 bits per heavy atom. The van der Waals surface area contributed by atoms with Crippen LogP contribution in [0.2, 0.25) is 5.02 Å². The molecule has 0 saturated heterocycles. The highest BCUT2D eigenvalue weighted by molar-refractivity contribution is 6.30. The van der Waals surface area contributed by atoms with E-state index in [0.29, 0.717) is 5.95 Å². The molecule has 2 aromatic rings. The summed E-state index contributed by atoms with van der Waals surface area (Å²) in [6.45, 7) is 3.15. The zero-order valence-electron chi connectivity index (χ0n) is 12.0. The first-order chi connectivity index (χ1) is 9.72. The molecule has 0 aliphatic heterocycles. The average Bonchev–Trinajstić information content (AvgIpc) is 2.81. The second-order valence-electron chi connectivity index (χ2n) is 5.07. The number of rotatable bonds is 7. The lowest BCUT2D eigenvalue weighted by molar-refractivity contribution is 0.574. The number of hydrogen-bond acceptors (Lipinski definition) is 2. The Balaban J connectivity index is 2.05. The number of nitrogens with two attached hydrogens (primary N) is 1. The van der Waals surface area contributed by atoms with Crippen LogP contribution in [0.25, 0.3) is 11.3 Å². The molecule has 0 bridgehead atoms. The molecule has 0 aliphatic rings. The van der Waals surface area contributed by atoms with Gasteiger partial charge in [0.25, 0.3) is 0 Å². The molecule has 0 aliphatic carbocycles. The van der Waals surface area contributed by atoms with E-state index in [1.807, 2.05) is 30.5 Å². The first kappa shape index (κ1) is 14.9.